The lowest BCUT2D eigenvalue weighted by Gasteiger charge is -2.19. The van der Waals surface area contributed by atoms with E-state index in [2.05, 4.69) is 10.3 Å². The molecule has 0 aromatic carbocycles. The van der Waals surface area contributed by atoms with Gasteiger partial charge in [-0.3, -0.25) is 14.9 Å². The van der Waals surface area contributed by atoms with Crippen molar-refractivity contribution in [2.75, 3.05) is 18.8 Å². The van der Waals surface area contributed by atoms with Gasteiger partial charge in [0.25, 0.3) is 5.91 Å². The van der Waals surface area contributed by atoms with Crippen LogP contribution in [0.15, 0.2) is 45.8 Å². The maximum Gasteiger partial charge on any atom is 0.267 e. The van der Waals surface area contributed by atoms with Gasteiger partial charge in [0, 0.05) is 19.3 Å². The Balaban J connectivity index is 1.55. The predicted octanol–water partition coefficient (Wildman–Crippen LogP) is 2.76. The van der Waals surface area contributed by atoms with E-state index in [0.717, 1.165) is 37.4 Å². The topological polar surface area (TPSA) is 96.4 Å². The molecule has 1 saturated heterocycles. The van der Waals surface area contributed by atoms with Gasteiger partial charge in [-0.2, -0.15) is 4.31 Å². The minimum absolute atomic E-state index is 0.0162. The van der Waals surface area contributed by atoms with E-state index in [1.807, 2.05) is 0 Å². The SMILES string of the molecule is O=C(CSc1ccc(S(=O)(=O)N2CCCCCC2)cn1)NC(=O)c1cccs1. The van der Waals surface area contributed by atoms with Crippen LogP contribution in [0.25, 0.3) is 0 Å². The van der Waals surface area contributed by atoms with Crippen LogP contribution in [0.3, 0.4) is 0 Å². The number of pyridine rings is 1. The molecule has 1 aliphatic heterocycles. The fourth-order valence-electron chi connectivity index (χ4n) is 2.81. The van der Waals surface area contributed by atoms with Gasteiger partial charge in [-0.15, -0.1) is 11.3 Å². The van der Waals surface area contributed by atoms with E-state index < -0.39 is 21.8 Å². The number of thiophene rings is 1. The standard InChI is InChI=1S/C18H21N3O4S3/c22-16(20-18(23)15-6-5-11-26-15)13-27-17-8-7-14(12-19-17)28(24,25)21-9-3-1-2-4-10-21/h5-8,11-12H,1-4,9-10,13H2,(H,20,22,23). The smallest absolute Gasteiger partial charge is 0.267 e. The van der Waals surface area contributed by atoms with Crippen LogP contribution in [0, 0.1) is 0 Å². The van der Waals surface area contributed by atoms with Crippen molar-refractivity contribution in [1.82, 2.24) is 14.6 Å². The van der Waals surface area contributed by atoms with Crippen molar-refractivity contribution >= 4 is 44.9 Å². The molecule has 1 aliphatic rings. The molecule has 2 aromatic rings. The molecule has 0 saturated carbocycles. The Labute approximate surface area is 172 Å². The normalized spacial score (nSPS) is 15.7. The zero-order chi connectivity index (χ0) is 20.0. The third-order valence-corrected chi connectivity index (χ3v) is 7.96. The zero-order valence-electron chi connectivity index (χ0n) is 15.2. The van der Waals surface area contributed by atoms with Crippen LogP contribution in [0.4, 0.5) is 0 Å². The number of hydrogen-bond donors (Lipinski definition) is 1. The molecule has 2 aromatic heterocycles. The number of sulfonamides is 1. The van der Waals surface area contributed by atoms with Crippen molar-refractivity contribution in [2.45, 2.75) is 35.6 Å². The first-order valence-corrected chi connectivity index (χ1v) is 12.2. The maximum absolute atomic E-state index is 12.7. The Kier molecular flexibility index (Phi) is 7.22. The monoisotopic (exact) mass is 439 g/mol. The lowest BCUT2D eigenvalue weighted by Crippen LogP contribution is -2.32. The maximum atomic E-state index is 12.7. The Bertz CT molecular complexity index is 904. The summed E-state index contributed by atoms with van der Waals surface area (Å²) in [6.45, 7) is 1.08. The van der Waals surface area contributed by atoms with Gasteiger partial charge in [-0.25, -0.2) is 13.4 Å². The summed E-state index contributed by atoms with van der Waals surface area (Å²) in [6, 6.07) is 6.49. The first kappa shape index (κ1) is 21.0. The van der Waals surface area contributed by atoms with Crippen LogP contribution in [0.5, 0.6) is 0 Å². The first-order chi connectivity index (χ1) is 13.5. The van der Waals surface area contributed by atoms with Gasteiger partial charge in [-0.1, -0.05) is 30.7 Å². The second-order valence-electron chi connectivity index (χ2n) is 6.29. The summed E-state index contributed by atoms with van der Waals surface area (Å²) in [7, 11) is -3.54. The number of nitrogens with one attached hydrogen (secondary N) is 1. The molecule has 7 nitrogen and oxygen atoms in total. The molecule has 0 bridgehead atoms. The zero-order valence-corrected chi connectivity index (χ0v) is 17.6. The van der Waals surface area contributed by atoms with E-state index in [-0.39, 0.29) is 10.6 Å². The molecule has 28 heavy (non-hydrogen) atoms. The van der Waals surface area contributed by atoms with Crippen LogP contribution in [0.2, 0.25) is 0 Å². The van der Waals surface area contributed by atoms with E-state index in [1.165, 1.54) is 27.9 Å². The minimum Gasteiger partial charge on any atom is -0.291 e. The van der Waals surface area contributed by atoms with Gasteiger partial charge in [0.1, 0.15) is 4.90 Å². The third kappa shape index (κ3) is 5.40. The highest BCUT2D eigenvalue weighted by atomic mass is 32.2. The molecule has 1 N–H and O–H groups in total. The summed E-state index contributed by atoms with van der Waals surface area (Å²) in [6.07, 6.45) is 5.19. The number of hydrogen-bond acceptors (Lipinski definition) is 7. The van der Waals surface area contributed by atoms with Crippen LogP contribution in [0.1, 0.15) is 35.4 Å². The number of aromatic nitrogens is 1. The number of carbonyl (C=O) groups excluding carboxylic acids is 2. The van der Waals surface area contributed by atoms with Gasteiger partial charge in [0.15, 0.2) is 0 Å². The second kappa shape index (κ2) is 9.64. The van der Waals surface area contributed by atoms with E-state index in [9.17, 15) is 18.0 Å². The molecule has 3 heterocycles. The number of rotatable bonds is 6. The van der Waals surface area contributed by atoms with Crippen molar-refractivity contribution in [1.29, 1.82) is 0 Å². The highest BCUT2D eigenvalue weighted by Gasteiger charge is 2.25. The third-order valence-electron chi connectivity index (χ3n) is 4.26. The van der Waals surface area contributed by atoms with Crippen molar-refractivity contribution < 1.29 is 18.0 Å². The number of amides is 2. The molecule has 0 atom stereocenters. The van der Waals surface area contributed by atoms with Crippen molar-refractivity contribution in [3.05, 3.63) is 40.7 Å². The first-order valence-electron chi connectivity index (χ1n) is 8.93. The Hall–Kier alpha value is -1.75. The average molecular weight is 440 g/mol. The van der Waals surface area contributed by atoms with Crippen molar-refractivity contribution in [3.8, 4) is 0 Å². The van der Waals surface area contributed by atoms with Gasteiger partial charge < -0.3 is 0 Å². The van der Waals surface area contributed by atoms with Gasteiger partial charge in [0.05, 0.1) is 15.7 Å². The second-order valence-corrected chi connectivity index (χ2v) is 10.2. The van der Waals surface area contributed by atoms with Gasteiger partial charge in [-0.05, 0) is 36.4 Å². The largest absolute Gasteiger partial charge is 0.291 e. The molecule has 150 valence electrons. The van der Waals surface area contributed by atoms with Gasteiger partial charge in [0.2, 0.25) is 15.9 Å². The minimum atomic E-state index is -3.54. The highest BCUT2D eigenvalue weighted by Crippen LogP contribution is 2.22. The van der Waals surface area contributed by atoms with E-state index in [0.29, 0.717) is 23.0 Å². The fourth-order valence-corrected chi connectivity index (χ4v) is 5.53. The molecule has 10 heteroatoms. The van der Waals surface area contributed by atoms with E-state index in [1.54, 1.807) is 23.6 Å². The summed E-state index contributed by atoms with van der Waals surface area (Å²) in [4.78, 5) is 28.5. The molecular weight excluding hydrogens is 418 g/mol. The summed E-state index contributed by atoms with van der Waals surface area (Å²) in [5, 5.41) is 4.60. The molecule has 0 spiro atoms. The predicted molar refractivity (Wildman–Crippen MR) is 109 cm³/mol. The molecule has 3 rings (SSSR count). The summed E-state index contributed by atoms with van der Waals surface area (Å²) >= 11 is 2.41. The Morgan fingerprint density at radius 3 is 2.50 bits per heavy atom. The molecule has 0 unspecified atom stereocenters. The van der Waals surface area contributed by atoms with E-state index in [4.69, 9.17) is 0 Å². The number of thioether (sulfide) groups is 1. The van der Waals surface area contributed by atoms with Gasteiger partial charge >= 0.3 is 0 Å². The van der Waals surface area contributed by atoms with Crippen LogP contribution in [-0.2, 0) is 14.8 Å². The molecule has 0 aliphatic carbocycles. The Morgan fingerprint density at radius 2 is 1.89 bits per heavy atom. The molecule has 1 fully saturated rings. The molecular formula is C18H21N3O4S3. The average Bonchev–Trinajstić information content (AvgIpc) is 3.09. The number of nitrogens with zero attached hydrogens (tertiary/aromatic N) is 2. The van der Waals surface area contributed by atoms with Crippen LogP contribution in [-0.4, -0.2) is 48.4 Å². The van der Waals surface area contributed by atoms with Crippen LogP contribution >= 0.6 is 23.1 Å². The number of carbonyl (C=O) groups is 2. The van der Waals surface area contributed by atoms with Crippen molar-refractivity contribution in [3.63, 3.8) is 0 Å². The molecule has 0 radical (unpaired) electrons. The fraction of sp³-hybridized carbons (Fsp3) is 0.389. The summed E-state index contributed by atoms with van der Waals surface area (Å²) in [5.74, 6) is -0.832. The highest BCUT2D eigenvalue weighted by molar-refractivity contribution is 7.99. The summed E-state index contributed by atoms with van der Waals surface area (Å²) in [5.41, 5.74) is 0. The van der Waals surface area contributed by atoms with Crippen LogP contribution < -0.4 is 5.32 Å². The Morgan fingerprint density at radius 1 is 1.14 bits per heavy atom. The lowest BCUT2D eigenvalue weighted by atomic mass is 10.2. The molecule has 2 amide bonds. The quantitative estimate of drug-likeness (QED) is 0.695. The van der Waals surface area contributed by atoms with Crippen molar-refractivity contribution in [2.24, 2.45) is 0 Å². The number of imide groups is 1. The summed E-state index contributed by atoms with van der Waals surface area (Å²) < 4.78 is 27.0. The lowest BCUT2D eigenvalue weighted by molar-refractivity contribution is -0.117. The van der Waals surface area contributed by atoms with E-state index >= 15 is 0 Å².